The smallest absolute Gasteiger partial charge is 0.336 e. The fraction of sp³-hybridized carbons (Fsp3) is 0.200. The Labute approximate surface area is 153 Å². The van der Waals surface area contributed by atoms with Gasteiger partial charge in [0.1, 0.15) is 12.4 Å². The number of hydrogen-bond acceptors (Lipinski definition) is 5. The fourth-order valence-electron chi connectivity index (χ4n) is 3.76. The van der Waals surface area contributed by atoms with Gasteiger partial charge in [-0.25, -0.2) is 9.18 Å². The zero-order chi connectivity index (χ0) is 18.5. The zero-order valence-electron chi connectivity index (χ0n) is 14.1. The van der Waals surface area contributed by atoms with Gasteiger partial charge in [-0.3, -0.25) is 9.69 Å². The van der Waals surface area contributed by atoms with Crippen LogP contribution in [0.5, 0.6) is 11.5 Å². The third-order valence-electron chi connectivity index (χ3n) is 5.00. The number of halogens is 1. The van der Waals surface area contributed by atoms with E-state index in [1.54, 1.807) is 12.1 Å². The van der Waals surface area contributed by atoms with Crippen molar-refractivity contribution in [2.24, 2.45) is 0 Å². The van der Waals surface area contributed by atoms with E-state index in [1.165, 1.54) is 29.2 Å². The Balaban J connectivity index is 1.60. The van der Waals surface area contributed by atoms with Crippen molar-refractivity contribution in [3.8, 4) is 11.5 Å². The van der Waals surface area contributed by atoms with Crippen LogP contribution < -0.4 is 14.4 Å². The maximum Gasteiger partial charge on any atom is 0.336 e. The van der Waals surface area contributed by atoms with E-state index in [2.05, 4.69) is 0 Å². The summed E-state index contributed by atoms with van der Waals surface area (Å²) < 4.78 is 29.2. The summed E-state index contributed by atoms with van der Waals surface area (Å²) >= 11 is 0. The third kappa shape index (κ3) is 2.46. The normalized spacial score (nSPS) is 20.8. The van der Waals surface area contributed by atoms with E-state index in [0.29, 0.717) is 28.5 Å². The number of carbonyl (C=O) groups excluding carboxylic acids is 2. The third-order valence-corrected chi connectivity index (χ3v) is 5.00. The number of amides is 1. The second kappa shape index (κ2) is 5.84. The number of benzene rings is 2. The van der Waals surface area contributed by atoms with Crippen LogP contribution in [-0.4, -0.2) is 25.3 Å². The molecule has 136 valence electrons. The number of cyclic esters (lactones) is 1. The number of carbonyl (C=O) groups is 2. The quantitative estimate of drug-likeness (QED) is 0.764. The second-order valence-corrected chi connectivity index (χ2v) is 6.51. The Morgan fingerprint density at radius 1 is 0.963 bits per heavy atom. The fourth-order valence-corrected chi connectivity index (χ4v) is 3.76. The molecular formula is C20H14FNO5. The van der Waals surface area contributed by atoms with Gasteiger partial charge < -0.3 is 14.2 Å². The summed E-state index contributed by atoms with van der Waals surface area (Å²) in [7, 11) is 0. The largest absolute Gasteiger partial charge is 0.456 e. The maximum atomic E-state index is 13.3. The molecule has 0 spiro atoms. The van der Waals surface area contributed by atoms with Gasteiger partial charge in [0.15, 0.2) is 11.5 Å². The van der Waals surface area contributed by atoms with Crippen molar-refractivity contribution < 1.29 is 28.2 Å². The first-order valence-corrected chi connectivity index (χ1v) is 8.50. The molecule has 3 aliphatic heterocycles. The lowest BCUT2D eigenvalue weighted by molar-refractivity contribution is -0.136. The molecule has 1 atom stereocenters. The van der Waals surface area contributed by atoms with Gasteiger partial charge in [-0.1, -0.05) is 6.07 Å². The number of nitrogens with zero attached hydrogens (tertiary/aromatic N) is 1. The molecule has 3 aliphatic rings. The summed E-state index contributed by atoms with van der Waals surface area (Å²) in [6.07, 6.45) is 0.102. The summed E-state index contributed by atoms with van der Waals surface area (Å²) in [6.45, 7) is 0.162. The van der Waals surface area contributed by atoms with E-state index in [9.17, 15) is 14.0 Å². The molecule has 0 saturated heterocycles. The van der Waals surface area contributed by atoms with Crippen LogP contribution in [0.2, 0.25) is 0 Å². The minimum absolute atomic E-state index is 0.0122. The van der Waals surface area contributed by atoms with Crippen LogP contribution in [0.15, 0.2) is 53.7 Å². The van der Waals surface area contributed by atoms with Crippen molar-refractivity contribution >= 4 is 17.6 Å². The number of ether oxygens (including phenoxy) is 3. The highest BCUT2D eigenvalue weighted by Crippen LogP contribution is 2.44. The molecule has 1 amide bonds. The van der Waals surface area contributed by atoms with Gasteiger partial charge in [-0.2, -0.15) is 0 Å². The number of fused-ring (bicyclic) bond motifs is 1. The highest BCUT2D eigenvalue weighted by molar-refractivity contribution is 6.06. The predicted molar refractivity (Wildman–Crippen MR) is 91.8 cm³/mol. The molecule has 3 heterocycles. The maximum absolute atomic E-state index is 13.3. The Kier molecular flexibility index (Phi) is 3.43. The number of anilines is 1. The van der Waals surface area contributed by atoms with Gasteiger partial charge in [0.05, 0.1) is 11.3 Å². The minimum Gasteiger partial charge on any atom is -0.456 e. The monoisotopic (exact) mass is 367 g/mol. The summed E-state index contributed by atoms with van der Waals surface area (Å²) in [4.78, 5) is 26.8. The minimum atomic E-state index is -0.438. The molecule has 2 aromatic rings. The lowest BCUT2D eigenvalue weighted by Gasteiger charge is -2.31. The van der Waals surface area contributed by atoms with E-state index in [0.717, 1.165) is 5.56 Å². The number of esters is 1. The lowest BCUT2D eigenvalue weighted by atomic mass is 9.84. The SMILES string of the molecule is O=C1OCC2=C1[C@@H](c1ccc3c(c1)OCO3)CC(=O)N2c1ccc(F)cc1. The van der Waals surface area contributed by atoms with E-state index in [1.807, 2.05) is 6.07 Å². The molecule has 6 nitrogen and oxygen atoms in total. The van der Waals surface area contributed by atoms with Crippen molar-refractivity contribution in [3.63, 3.8) is 0 Å². The Bertz CT molecular complexity index is 998. The summed E-state index contributed by atoms with van der Waals surface area (Å²) in [5, 5.41) is 0. The van der Waals surface area contributed by atoms with Crippen LogP contribution in [0.25, 0.3) is 0 Å². The van der Waals surface area contributed by atoms with Gasteiger partial charge in [0, 0.05) is 18.0 Å². The average Bonchev–Trinajstić information content (AvgIpc) is 3.28. The van der Waals surface area contributed by atoms with Crippen LogP contribution in [-0.2, 0) is 14.3 Å². The highest BCUT2D eigenvalue weighted by atomic mass is 19.1. The van der Waals surface area contributed by atoms with Gasteiger partial charge in [0.25, 0.3) is 0 Å². The van der Waals surface area contributed by atoms with Crippen molar-refractivity contribution in [2.75, 3.05) is 18.3 Å². The predicted octanol–water partition coefficient (Wildman–Crippen LogP) is 2.89. The molecule has 2 aromatic carbocycles. The lowest BCUT2D eigenvalue weighted by Crippen LogP contribution is -2.37. The van der Waals surface area contributed by atoms with E-state index < -0.39 is 17.7 Å². The molecule has 0 saturated carbocycles. The topological polar surface area (TPSA) is 65.1 Å². The molecule has 0 fully saturated rings. The van der Waals surface area contributed by atoms with Gasteiger partial charge >= 0.3 is 5.97 Å². The van der Waals surface area contributed by atoms with Crippen molar-refractivity contribution in [1.29, 1.82) is 0 Å². The summed E-state index contributed by atoms with van der Waals surface area (Å²) in [5.74, 6) is -0.205. The first-order chi connectivity index (χ1) is 13.1. The molecule has 5 rings (SSSR count). The van der Waals surface area contributed by atoms with E-state index in [4.69, 9.17) is 14.2 Å². The molecule has 27 heavy (non-hydrogen) atoms. The van der Waals surface area contributed by atoms with Gasteiger partial charge in [0.2, 0.25) is 12.7 Å². The van der Waals surface area contributed by atoms with E-state index in [-0.39, 0.29) is 25.7 Å². The molecule has 0 aromatic heterocycles. The highest BCUT2D eigenvalue weighted by Gasteiger charge is 2.43. The van der Waals surface area contributed by atoms with Crippen molar-refractivity contribution in [3.05, 3.63) is 65.1 Å². The molecular weight excluding hydrogens is 353 g/mol. The molecule has 0 bridgehead atoms. The average molecular weight is 367 g/mol. The first kappa shape index (κ1) is 15.9. The van der Waals surface area contributed by atoms with Crippen molar-refractivity contribution in [2.45, 2.75) is 12.3 Å². The number of rotatable bonds is 2. The van der Waals surface area contributed by atoms with Gasteiger partial charge in [-0.05, 0) is 42.0 Å². The molecule has 0 radical (unpaired) electrons. The summed E-state index contributed by atoms with van der Waals surface area (Å²) in [6, 6.07) is 11.0. The Hall–Kier alpha value is -3.35. The first-order valence-electron chi connectivity index (χ1n) is 8.50. The van der Waals surface area contributed by atoms with Gasteiger partial charge in [-0.15, -0.1) is 0 Å². The standard InChI is InChI=1S/C20H14FNO5/c21-12-2-4-13(5-3-12)22-15-9-25-20(24)19(15)14(8-18(22)23)11-1-6-16-17(7-11)27-10-26-16/h1-7,14H,8-10H2/t14-/m1/s1. The van der Waals surface area contributed by atoms with Crippen LogP contribution in [0, 0.1) is 5.82 Å². The zero-order valence-corrected chi connectivity index (χ0v) is 14.1. The van der Waals surface area contributed by atoms with Crippen LogP contribution in [0.1, 0.15) is 17.9 Å². The van der Waals surface area contributed by atoms with Crippen LogP contribution in [0.3, 0.4) is 0 Å². The molecule has 0 N–H and O–H groups in total. The molecule has 0 unspecified atom stereocenters. The Morgan fingerprint density at radius 3 is 2.56 bits per heavy atom. The Morgan fingerprint density at radius 2 is 1.74 bits per heavy atom. The molecule has 7 heteroatoms. The van der Waals surface area contributed by atoms with E-state index >= 15 is 0 Å². The van der Waals surface area contributed by atoms with Crippen LogP contribution >= 0.6 is 0 Å². The van der Waals surface area contributed by atoms with Crippen LogP contribution in [0.4, 0.5) is 10.1 Å². The molecule has 0 aliphatic carbocycles. The number of hydrogen-bond donors (Lipinski definition) is 0. The summed E-state index contributed by atoms with van der Waals surface area (Å²) in [5.41, 5.74) is 2.26. The second-order valence-electron chi connectivity index (χ2n) is 6.51. The van der Waals surface area contributed by atoms with Crippen molar-refractivity contribution in [1.82, 2.24) is 0 Å².